The molecule has 2 N–H and O–H groups in total. The quantitative estimate of drug-likeness (QED) is 0.752. The van der Waals surface area contributed by atoms with E-state index in [4.69, 9.17) is 5.90 Å². The first kappa shape index (κ1) is 11.1. The van der Waals surface area contributed by atoms with Gasteiger partial charge in [0.05, 0.1) is 6.61 Å². The van der Waals surface area contributed by atoms with Crippen molar-refractivity contribution in [1.29, 1.82) is 0 Å². The highest BCUT2D eigenvalue weighted by molar-refractivity contribution is 5.25. The summed E-state index contributed by atoms with van der Waals surface area (Å²) >= 11 is 0. The Morgan fingerprint density at radius 3 is 2.57 bits per heavy atom. The molecule has 2 nitrogen and oxygen atoms in total. The van der Waals surface area contributed by atoms with Gasteiger partial charge in [-0.05, 0) is 23.5 Å². The van der Waals surface area contributed by atoms with Gasteiger partial charge in [-0.15, -0.1) is 0 Å². The van der Waals surface area contributed by atoms with Crippen LogP contribution in [0, 0.1) is 5.82 Å². The van der Waals surface area contributed by atoms with E-state index in [-0.39, 0.29) is 11.2 Å². The summed E-state index contributed by atoms with van der Waals surface area (Å²) in [5, 5.41) is 0. The molecule has 14 heavy (non-hydrogen) atoms. The van der Waals surface area contributed by atoms with Gasteiger partial charge < -0.3 is 4.84 Å². The van der Waals surface area contributed by atoms with E-state index in [0.29, 0.717) is 18.6 Å². The molecule has 0 atom stereocenters. The smallest absolute Gasteiger partial charge is 0.126 e. The van der Waals surface area contributed by atoms with Gasteiger partial charge >= 0.3 is 0 Å². The Kier molecular flexibility index (Phi) is 3.61. The molecule has 0 aromatic heterocycles. The average Bonchev–Trinajstić information content (AvgIpc) is 2.15. The first-order valence-electron chi connectivity index (χ1n) is 4.64. The molecule has 1 rings (SSSR count). The second-order valence-electron chi connectivity index (χ2n) is 3.98. The van der Waals surface area contributed by atoms with Gasteiger partial charge in [0.1, 0.15) is 5.82 Å². The lowest BCUT2D eigenvalue weighted by molar-refractivity contribution is 0.120. The van der Waals surface area contributed by atoms with Crippen LogP contribution in [0.2, 0.25) is 0 Å². The van der Waals surface area contributed by atoms with Crippen LogP contribution in [0.3, 0.4) is 0 Å². The van der Waals surface area contributed by atoms with Crippen LogP contribution in [0.15, 0.2) is 24.3 Å². The first-order chi connectivity index (χ1) is 6.58. The number of nitrogens with two attached hydrogens (primary N) is 1. The van der Waals surface area contributed by atoms with E-state index >= 15 is 0 Å². The van der Waals surface area contributed by atoms with Crippen LogP contribution in [-0.4, -0.2) is 6.61 Å². The number of rotatable bonds is 4. The normalized spacial score (nSPS) is 11.7. The molecular weight excluding hydrogens is 181 g/mol. The van der Waals surface area contributed by atoms with Gasteiger partial charge in [-0.25, -0.2) is 10.3 Å². The number of halogens is 1. The van der Waals surface area contributed by atoms with Crippen LogP contribution in [0.4, 0.5) is 4.39 Å². The molecule has 0 saturated carbocycles. The molecule has 0 saturated heterocycles. The van der Waals surface area contributed by atoms with Gasteiger partial charge in [0.2, 0.25) is 0 Å². The molecule has 1 aromatic rings. The van der Waals surface area contributed by atoms with Crippen molar-refractivity contribution < 1.29 is 9.23 Å². The summed E-state index contributed by atoms with van der Waals surface area (Å²) in [6, 6.07) is 6.80. The summed E-state index contributed by atoms with van der Waals surface area (Å²) in [5.74, 6) is 4.79. The van der Waals surface area contributed by atoms with E-state index in [1.165, 1.54) is 6.07 Å². The SMILES string of the molecule is CC(C)(CCON)c1ccccc1F. The monoisotopic (exact) mass is 197 g/mol. The van der Waals surface area contributed by atoms with E-state index in [2.05, 4.69) is 4.84 Å². The second kappa shape index (κ2) is 4.53. The molecule has 0 aliphatic rings. The molecule has 0 aliphatic carbocycles. The van der Waals surface area contributed by atoms with E-state index in [1.54, 1.807) is 12.1 Å². The zero-order valence-corrected chi connectivity index (χ0v) is 8.59. The fourth-order valence-electron chi connectivity index (χ4n) is 1.46. The summed E-state index contributed by atoms with van der Waals surface area (Å²) in [5.41, 5.74) is 0.460. The molecule has 0 unspecified atom stereocenters. The predicted molar refractivity (Wildman–Crippen MR) is 54.2 cm³/mol. The van der Waals surface area contributed by atoms with Crippen molar-refractivity contribution in [3.05, 3.63) is 35.6 Å². The molecule has 1 aromatic carbocycles. The number of benzene rings is 1. The summed E-state index contributed by atoms with van der Waals surface area (Å²) in [6.07, 6.45) is 0.699. The van der Waals surface area contributed by atoms with Gasteiger partial charge in [0.15, 0.2) is 0 Å². The predicted octanol–water partition coefficient (Wildman–Crippen LogP) is 2.38. The minimum absolute atomic E-state index is 0.172. The summed E-state index contributed by atoms with van der Waals surface area (Å²) in [7, 11) is 0. The topological polar surface area (TPSA) is 35.2 Å². The van der Waals surface area contributed by atoms with Crippen molar-refractivity contribution in [2.45, 2.75) is 25.7 Å². The Morgan fingerprint density at radius 2 is 2.00 bits per heavy atom. The summed E-state index contributed by atoms with van der Waals surface area (Å²) in [6.45, 7) is 4.39. The highest BCUT2D eigenvalue weighted by Gasteiger charge is 2.23. The fraction of sp³-hybridized carbons (Fsp3) is 0.455. The zero-order valence-electron chi connectivity index (χ0n) is 8.59. The second-order valence-corrected chi connectivity index (χ2v) is 3.98. The third kappa shape index (κ3) is 2.53. The summed E-state index contributed by atoms with van der Waals surface area (Å²) < 4.78 is 13.4. The van der Waals surface area contributed by atoms with E-state index < -0.39 is 0 Å². The average molecular weight is 197 g/mol. The maximum absolute atomic E-state index is 13.4. The van der Waals surface area contributed by atoms with Crippen molar-refractivity contribution in [1.82, 2.24) is 0 Å². The standard InChI is InChI=1S/C11H16FNO/c1-11(2,7-8-14-13)9-5-3-4-6-10(9)12/h3-6H,7-8,13H2,1-2H3. The van der Waals surface area contributed by atoms with Crippen LogP contribution in [0.5, 0.6) is 0 Å². The van der Waals surface area contributed by atoms with E-state index in [9.17, 15) is 4.39 Å². The Bertz CT molecular complexity index is 299. The molecule has 0 radical (unpaired) electrons. The third-order valence-electron chi connectivity index (χ3n) is 2.45. The van der Waals surface area contributed by atoms with Gasteiger partial charge in [-0.3, -0.25) is 0 Å². The molecule has 0 fully saturated rings. The molecular formula is C11H16FNO. The van der Waals surface area contributed by atoms with E-state index in [1.807, 2.05) is 19.9 Å². The molecule has 0 aliphatic heterocycles. The number of hydrogen-bond acceptors (Lipinski definition) is 2. The molecule has 3 heteroatoms. The van der Waals surface area contributed by atoms with Crippen molar-refractivity contribution in [3.63, 3.8) is 0 Å². The van der Waals surface area contributed by atoms with Crippen molar-refractivity contribution in [2.24, 2.45) is 5.90 Å². The van der Waals surface area contributed by atoms with Gasteiger partial charge in [-0.1, -0.05) is 32.0 Å². The lowest BCUT2D eigenvalue weighted by Crippen LogP contribution is -2.22. The Labute approximate surface area is 83.8 Å². The lowest BCUT2D eigenvalue weighted by Gasteiger charge is -2.25. The molecule has 0 spiro atoms. The Balaban J connectivity index is 2.86. The molecule has 78 valence electrons. The van der Waals surface area contributed by atoms with Crippen molar-refractivity contribution >= 4 is 0 Å². The van der Waals surface area contributed by atoms with Crippen LogP contribution in [0.1, 0.15) is 25.8 Å². The molecule has 0 bridgehead atoms. The maximum atomic E-state index is 13.4. The lowest BCUT2D eigenvalue weighted by atomic mass is 9.81. The highest BCUT2D eigenvalue weighted by Crippen LogP contribution is 2.28. The third-order valence-corrected chi connectivity index (χ3v) is 2.45. The largest absolute Gasteiger partial charge is 0.305 e. The van der Waals surface area contributed by atoms with Crippen LogP contribution in [-0.2, 0) is 10.3 Å². The minimum atomic E-state index is -0.245. The van der Waals surface area contributed by atoms with E-state index in [0.717, 1.165) is 0 Å². The summed E-state index contributed by atoms with van der Waals surface area (Å²) in [4.78, 5) is 4.52. The van der Waals surface area contributed by atoms with Crippen LogP contribution in [0.25, 0.3) is 0 Å². The van der Waals surface area contributed by atoms with Gasteiger partial charge in [0.25, 0.3) is 0 Å². The zero-order chi connectivity index (χ0) is 10.6. The fourth-order valence-corrected chi connectivity index (χ4v) is 1.46. The van der Waals surface area contributed by atoms with Crippen molar-refractivity contribution in [3.8, 4) is 0 Å². The van der Waals surface area contributed by atoms with Crippen LogP contribution >= 0.6 is 0 Å². The van der Waals surface area contributed by atoms with Gasteiger partial charge in [0, 0.05) is 0 Å². The maximum Gasteiger partial charge on any atom is 0.126 e. The van der Waals surface area contributed by atoms with Crippen LogP contribution < -0.4 is 5.90 Å². The van der Waals surface area contributed by atoms with Crippen molar-refractivity contribution in [2.75, 3.05) is 6.61 Å². The Morgan fingerprint density at radius 1 is 1.36 bits per heavy atom. The Hall–Kier alpha value is -0.930. The highest BCUT2D eigenvalue weighted by atomic mass is 19.1. The minimum Gasteiger partial charge on any atom is -0.305 e. The first-order valence-corrected chi connectivity index (χ1v) is 4.64. The molecule has 0 amide bonds. The molecule has 0 heterocycles. The van der Waals surface area contributed by atoms with Gasteiger partial charge in [-0.2, -0.15) is 0 Å². The number of hydrogen-bond donors (Lipinski definition) is 1.